The lowest BCUT2D eigenvalue weighted by molar-refractivity contribution is 0.307. The summed E-state index contributed by atoms with van der Waals surface area (Å²) in [7, 11) is 6.82. The van der Waals surface area contributed by atoms with Gasteiger partial charge >= 0.3 is 35.2 Å². The first-order chi connectivity index (χ1) is 10.8. The van der Waals surface area contributed by atoms with Gasteiger partial charge in [-0.25, -0.2) is 23.5 Å². The fourth-order valence-electron chi connectivity index (χ4n) is 1.19. The van der Waals surface area contributed by atoms with Gasteiger partial charge in [0.2, 0.25) is 0 Å². The maximum Gasteiger partial charge on any atom is 0.426 e. The van der Waals surface area contributed by atoms with Crippen molar-refractivity contribution in [1.29, 1.82) is 0 Å². The number of nitrogens with zero attached hydrogens (tertiary/aromatic N) is 5. The summed E-state index contributed by atoms with van der Waals surface area (Å²) >= 11 is 0. The second-order valence-corrected chi connectivity index (χ2v) is 3.83. The van der Waals surface area contributed by atoms with Crippen LogP contribution in [0.25, 0.3) is 0 Å². The van der Waals surface area contributed by atoms with Crippen LogP contribution in [0, 0.1) is 0 Å². The fraction of sp³-hybridized carbons (Fsp3) is 0.500. The summed E-state index contributed by atoms with van der Waals surface area (Å²) in [5, 5.41) is 0. The predicted octanol–water partition coefficient (Wildman–Crippen LogP) is -1.43. The van der Waals surface area contributed by atoms with Crippen LogP contribution >= 0.6 is 0 Å². The van der Waals surface area contributed by atoms with E-state index in [1.54, 1.807) is 0 Å². The van der Waals surface area contributed by atoms with Crippen LogP contribution < -0.4 is 31.4 Å². The Balaban J connectivity index is 0.000000425. The summed E-state index contributed by atoms with van der Waals surface area (Å²) in [6, 6.07) is 0.496. The zero-order valence-corrected chi connectivity index (χ0v) is 13.1. The van der Waals surface area contributed by atoms with Crippen molar-refractivity contribution in [2.75, 3.05) is 21.3 Å². The van der Waals surface area contributed by atoms with E-state index in [1.807, 2.05) is 0 Å². The second kappa shape index (κ2) is 9.07. The van der Waals surface area contributed by atoms with E-state index in [4.69, 9.17) is 14.2 Å². The van der Waals surface area contributed by atoms with E-state index in [9.17, 15) is 14.4 Å². The van der Waals surface area contributed by atoms with Gasteiger partial charge in [-0.15, -0.1) is 15.0 Å². The van der Waals surface area contributed by atoms with Crippen LogP contribution in [0.15, 0.2) is 18.8 Å². The average Bonchev–Trinajstić information content (AvgIpc) is 2.58. The molecule has 24 heavy (non-hydrogen) atoms. The Bertz CT molecular complexity index is 746. The second-order valence-electron chi connectivity index (χ2n) is 3.83. The third-order valence-electron chi connectivity index (χ3n) is 2.42. The molecule has 0 bridgehead atoms. The zero-order valence-electron chi connectivity index (χ0n) is 13.1. The van der Waals surface area contributed by atoms with Crippen LogP contribution in [-0.2, 0) is 14.1 Å². The Morgan fingerprint density at radius 2 is 1.04 bits per heavy atom. The van der Waals surface area contributed by atoms with Crippen LogP contribution in [0.3, 0.4) is 0 Å². The Morgan fingerprint density at radius 3 is 1.29 bits per heavy atom. The highest BCUT2D eigenvalue weighted by molar-refractivity contribution is 5.08. The predicted molar refractivity (Wildman–Crippen MR) is 81.7 cm³/mol. The molecule has 2 aromatic heterocycles. The summed E-state index contributed by atoms with van der Waals surface area (Å²) in [4.78, 5) is 43.4. The smallest absolute Gasteiger partial charge is 0.426 e. The first-order valence-corrected chi connectivity index (χ1v) is 5.99. The molecular weight excluding hydrogens is 326 g/mol. The standard InChI is InChI=1S/C6H9N3O3.C5H6N2O4.CH4/c1-10-4-7-5(11-2)9-6(8-4)12-3;1-6-3(8)7(2)5(10)11-4(6)9;/h1-3H3;1-2H3;1H4. The molecule has 0 saturated carbocycles. The average molecular weight is 345 g/mol. The first kappa shape index (κ1) is 20.8. The fourth-order valence-corrected chi connectivity index (χ4v) is 1.19. The molecule has 0 aliphatic rings. The van der Waals surface area contributed by atoms with Gasteiger partial charge in [0.1, 0.15) is 0 Å². The third kappa shape index (κ3) is 4.93. The van der Waals surface area contributed by atoms with Gasteiger partial charge in [-0.3, -0.25) is 0 Å². The quantitative estimate of drug-likeness (QED) is 0.650. The summed E-state index contributed by atoms with van der Waals surface area (Å²) in [6.45, 7) is 0. The highest BCUT2D eigenvalue weighted by Crippen LogP contribution is 2.12. The van der Waals surface area contributed by atoms with Crippen LogP contribution in [0.2, 0.25) is 0 Å². The summed E-state index contributed by atoms with van der Waals surface area (Å²) < 4.78 is 19.9. The van der Waals surface area contributed by atoms with Gasteiger partial charge in [0.25, 0.3) is 0 Å². The highest BCUT2D eigenvalue weighted by atomic mass is 16.5. The molecule has 0 aliphatic heterocycles. The lowest BCUT2D eigenvalue weighted by Gasteiger charge is -2.02. The van der Waals surface area contributed by atoms with E-state index in [-0.39, 0.29) is 25.5 Å². The molecule has 134 valence electrons. The molecule has 0 atom stereocenters. The maximum atomic E-state index is 10.9. The first-order valence-electron chi connectivity index (χ1n) is 5.99. The largest absolute Gasteiger partial charge is 0.467 e. The lowest BCUT2D eigenvalue weighted by Crippen LogP contribution is -2.43. The van der Waals surface area contributed by atoms with Crippen LogP contribution in [-0.4, -0.2) is 45.4 Å². The van der Waals surface area contributed by atoms with E-state index in [0.717, 1.165) is 0 Å². The monoisotopic (exact) mass is 345 g/mol. The van der Waals surface area contributed by atoms with Crippen molar-refractivity contribution >= 4 is 0 Å². The number of hydrogen-bond acceptors (Lipinski definition) is 10. The van der Waals surface area contributed by atoms with Gasteiger partial charge in [0.15, 0.2) is 0 Å². The van der Waals surface area contributed by atoms with Crippen molar-refractivity contribution in [3.63, 3.8) is 0 Å². The van der Waals surface area contributed by atoms with E-state index in [1.165, 1.54) is 35.4 Å². The minimum Gasteiger partial charge on any atom is -0.467 e. The molecule has 12 heteroatoms. The van der Waals surface area contributed by atoms with Crippen molar-refractivity contribution in [3.05, 3.63) is 31.6 Å². The topological polar surface area (TPSA) is 141 Å². The van der Waals surface area contributed by atoms with Gasteiger partial charge < -0.3 is 18.6 Å². The maximum absolute atomic E-state index is 10.9. The molecule has 0 fully saturated rings. The van der Waals surface area contributed by atoms with E-state index in [2.05, 4.69) is 19.4 Å². The van der Waals surface area contributed by atoms with Gasteiger partial charge in [-0.2, -0.15) is 0 Å². The SMILES string of the molecule is C.COc1nc(OC)nc(OC)n1.Cn1c(=O)oc(=O)n(C)c1=O. The molecule has 0 spiro atoms. The molecule has 12 nitrogen and oxygen atoms in total. The van der Waals surface area contributed by atoms with E-state index < -0.39 is 17.2 Å². The number of methoxy groups -OCH3 is 3. The molecule has 0 unspecified atom stereocenters. The zero-order chi connectivity index (χ0) is 17.6. The number of aromatic nitrogens is 5. The Labute approximate surface area is 136 Å². The molecule has 2 rings (SSSR count). The molecule has 0 aliphatic carbocycles. The van der Waals surface area contributed by atoms with E-state index >= 15 is 0 Å². The number of ether oxygens (including phenoxy) is 3. The molecule has 0 aromatic carbocycles. The van der Waals surface area contributed by atoms with Crippen molar-refractivity contribution in [2.24, 2.45) is 14.1 Å². The van der Waals surface area contributed by atoms with Gasteiger partial charge in [-0.1, -0.05) is 7.43 Å². The molecule has 2 heterocycles. The summed E-state index contributed by atoms with van der Waals surface area (Å²) in [5.41, 5.74) is -0.689. The van der Waals surface area contributed by atoms with Crippen molar-refractivity contribution in [1.82, 2.24) is 24.1 Å². The molecule has 0 saturated heterocycles. The Kier molecular flexibility index (Phi) is 7.87. The molecule has 0 N–H and O–H groups in total. The normalized spacial score (nSPS) is 9.21. The molecular formula is C12H19N5O7. The molecule has 2 aromatic rings. The molecule has 0 amide bonds. The van der Waals surface area contributed by atoms with Crippen molar-refractivity contribution in [2.45, 2.75) is 7.43 Å². The third-order valence-corrected chi connectivity index (χ3v) is 2.42. The van der Waals surface area contributed by atoms with Crippen LogP contribution in [0.4, 0.5) is 0 Å². The summed E-state index contributed by atoms with van der Waals surface area (Å²) in [5.74, 6) is -1.89. The minimum absolute atomic E-state index is 0. The van der Waals surface area contributed by atoms with Crippen molar-refractivity contribution in [3.8, 4) is 18.0 Å². The van der Waals surface area contributed by atoms with Crippen molar-refractivity contribution < 1.29 is 18.6 Å². The van der Waals surface area contributed by atoms with Gasteiger partial charge in [0, 0.05) is 14.1 Å². The van der Waals surface area contributed by atoms with Crippen LogP contribution in [0.1, 0.15) is 7.43 Å². The Hall–Kier alpha value is -3.18. The summed E-state index contributed by atoms with van der Waals surface area (Å²) in [6.07, 6.45) is 0. The van der Waals surface area contributed by atoms with Gasteiger partial charge in [0.05, 0.1) is 21.3 Å². The number of rotatable bonds is 3. The highest BCUT2D eigenvalue weighted by Gasteiger charge is 2.05. The number of hydrogen-bond donors (Lipinski definition) is 0. The lowest BCUT2D eigenvalue weighted by atomic mass is 10.9. The molecule has 0 radical (unpaired) electrons. The Morgan fingerprint density at radius 1 is 0.750 bits per heavy atom. The van der Waals surface area contributed by atoms with Gasteiger partial charge in [-0.05, 0) is 0 Å². The van der Waals surface area contributed by atoms with E-state index in [0.29, 0.717) is 9.13 Å². The minimum atomic E-state index is -0.946. The van der Waals surface area contributed by atoms with Crippen LogP contribution in [0.5, 0.6) is 18.0 Å².